The first-order valence-electron chi connectivity index (χ1n) is 7.15. The van der Waals surface area contributed by atoms with E-state index in [0.717, 1.165) is 17.3 Å². The molecule has 0 saturated heterocycles. The van der Waals surface area contributed by atoms with Crippen molar-refractivity contribution < 1.29 is 9.90 Å². The van der Waals surface area contributed by atoms with Crippen molar-refractivity contribution in [1.82, 2.24) is 19.1 Å². The number of carboxylic acids is 1. The van der Waals surface area contributed by atoms with Crippen molar-refractivity contribution in [2.75, 3.05) is 5.75 Å². The fraction of sp³-hybridized carbons (Fsp3) is 0.200. The number of aryl methyl sites for hydroxylation is 1. The van der Waals surface area contributed by atoms with E-state index in [9.17, 15) is 14.4 Å². The van der Waals surface area contributed by atoms with Crippen LogP contribution in [0.2, 0.25) is 5.02 Å². The van der Waals surface area contributed by atoms with E-state index < -0.39 is 17.2 Å². The summed E-state index contributed by atoms with van der Waals surface area (Å²) in [6.07, 6.45) is 0. The molecule has 0 radical (unpaired) electrons. The number of hydrogen-bond acceptors (Lipinski definition) is 5. The van der Waals surface area contributed by atoms with Crippen molar-refractivity contribution in [1.29, 1.82) is 0 Å². The second kappa shape index (κ2) is 6.77. The molecule has 2 aromatic heterocycles. The van der Waals surface area contributed by atoms with Crippen molar-refractivity contribution in [3.63, 3.8) is 0 Å². The molecule has 0 spiro atoms. The minimum atomic E-state index is -1.01. The van der Waals surface area contributed by atoms with Gasteiger partial charge in [-0.1, -0.05) is 35.5 Å². The highest BCUT2D eigenvalue weighted by atomic mass is 35.5. The molecule has 3 aromatic rings. The maximum Gasteiger partial charge on any atom is 0.329 e. The number of aliphatic carboxylic acids is 1. The SMILES string of the molecule is Cn1c(=O)[nH]c(=O)c2c1nc(SCC(=O)O)n2Cc1cccc(Cl)c1. The molecule has 0 aliphatic rings. The van der Waals surface area contributed by atoms with Crippen molar-refractivity contribution in [2.24, 2.45) is 7.05 Å². The molecule has 2 heterocycles. The number of rotatable bonds is 5. The summed E-state index contributed by atoms with van der Waals surface area (Å²) in [5.74, 6) is -1.22. The minimum Gasteiger partial charge on any atom is -0.481 e. The lowest BCUT2D eigenvalue weighted by Gasteiger charge is -2.08. The zero-order chi connectivity index (χ0) is 18.1. The van der Waals surface area contributed by atoms with Crippen LogP contribution in [0, 0.1) is 0 Å². The lowest BCUT2D eigenvalue weighted by Crippen LogP contribution is -2.29. The first-order chi connectivity index (χ1) is 11.9. The highest BCUT2D eigenvalue weighted by molar-refractivity contribution is 7.99. The van der Waals surface area contributed by atoms with E-state index >= 15 is 0 Å². The molecule has 8 nitrogen and oxygen atoms in total. The van der Waals surface area contributed by atoms with Crippen LogP contribution in [0.5, 0.6) is 0 Å². The van der Waals surface area contributed by atoms with E-state index in [2.05, 4.69) is 9.97 Å². The van der Waals surface area contributed by atoms with Gasteiger partial charge in [0.05, 0.1) is 12.3 Å². The molecule has 0 aliphatic heterocycles. The van der Waals surface area contributed by atoms with Gasteiger partial charge >= 0.3 is 11.7 Å². The van der Waals surface area contributed by atoms with Crippen LogP contribution in [0.4, 0.5) is 0 Å². The van der Waals surface area contributed by atoms with Gasteiger partial charge in [-0.05, 0) is 17.7 Å². The van der Waals surface area contributed by atoms with Crippen LogP contribution in [0.25, 0.3) is 11.2 Å². The molecule has 10 heteroatoms. The number of halogens is 1. The molecule has 0 unspecified atom stereocenters. The van der Waals surface area contributed by atoms with Crippen LogP contribution in [0.1, 0.15) is 5.56 Å². The average molecular weight is 381 g/mol. The third kappa shape index (κ3) is 3.47. The molecule has 0 saturated carbocycles. The third-order valence-corrected chi connectivity index (χ3v) is 4.72. The van der Waals surface area contributed by atoms with Crippen LogP contribution >= 0.6 is 23.4 Å². The number of nitrogens with zero attached hydrogens (tertiary/aromatic N) is 3. The van der Waals surface area contributed by atoms with Gasteiger partial charge in [0.15, 0.2) is 16.3 Å². The number of carboxylic acid groups (broad SMARTS) is 1. The number of thioether (sulfide) groups is 1. The second-order valence-corrected chi connectivity index (χ2v) is 6.66. The zero-order valence-electron chi connectivity index (χ0n) is 13.0. The molecule has 1 aromatic carbocycles. The van der Waals surface area contributed by atoms with Gasteiger partial charge in [-0.15, -0.1) is 0 Å². The van der Waals surface area contributed by atoms with Gasteiger partial charge in [0, 0.05) is 12.1 Å². The Balaban J connectivity index is 2.20. The Hall–Kier alpha value is -2.52. The number of fused-ring (bicyclic) bond motifs is 1. The molecule has 0 fully saturated rings. The first kappa shape index (κ1) is 17.3. The lowest BCUT2D eigenvalue weighted by atomic mass is 10.2. The monoisotopic (exact) mass is 380 g/mol. The van der Waals surface area contributed by atoms with Crippen molar-refractivity contribution >= 4 is 40.5 Å². The quantitative estimate of drug-likeness (QED) is 0.645. The maximum atomic E-state index is 12.3. The van der Waals surface area contributed by atoms with Crippen molar-refractivity contribution in [2.45, 2.75) is 11.7 Å². The minimum absolute atomic E-state index is 0.198. The molecule has 130 valence electrons. The highest BCUT2D eigenvalue weighted by Gasteiger charge is 2.18. The molecule has 25 heavy (non-hydrogen) atoms. The Labute approximate surface area is 150 Å². The lowest BCUT2D eigenvalue weighted by molar-refractivity contribution is -0.133. The Morgan fingerprint density at radius 3 is 2.84 bits per heavy atom. The zero-order valence-corrected chi connectivity index (χ0v) is 14.6. The topological polar surface area (TPSA) is 110 Å². The number of H-pyrrole nitrogens is 1. The smallest absolute Gasteiger partial charge is 0.329 e. The largest absolute Gasteiger partial charge is 0.481 e. The summed E-state index contributed by atoms with van der Waals surface area (Å²) in [5, 5.41) is 9.80. The normalized spacial score (nSPS) is 11.1. The second-order valence-electron chi connectivity index (χ2n) is 5.28. The Morgan fingerprint density at radius 1 is 1.40 bits per heavy atom. The molecule has 0 bridgehead atoms. The Morgan fingerprint density at radius 2 is 2.16 bits per heavy atom. The van der Waals surface area contributed by atoms with Crippen molar-refractivity contribution in [3.8, 4) is 0 Å². The predicted octanol–water partition coefficient (Wildman–Crippen LogP) is 1.30. The van der Waals surface area contributed by atoms with Crippen LogP contribution in [0.3, 0.4) is 0 Å². The number of benzene rings is 1. The molecular weight excluding hydrogens is 368 g/mol. The average Bonchev–Trinajstić information content (AvgIpc) is 2.90. The summed E-state index contributed by atoms with van der Waals surface area (Å²) in [7, 11) is 1.49. The van der Waals surface area contributed by atoms with Gasteiger partial charge in [0.1, 0.15) is 0 Å². The number of imidazole rings is 1. The van der Waals surface area contributed by atoms with Gasteiger partial charge in [-0.3, -0.25) is 19.1 Å². The maximum absolute atomic E-state index is 12.3. The van der Waals surface area contributed by atoms with Gasteiger partial charge < -0.3 is 9.67 Å². The Kier molecular flexibility index (Phi) is 4.69. The first-order valence-corrected chi connectivity index (χ1v) is 8.51. The molecule has 0 atom stereocenters. The standard InChI is InChI=1S/C15H13ClN4O4S/c1-19-12-11(13(23)18-14(19)24)20(15(17-12)25-7-10(21)22)6-8-3-2-4-9(16)5-8/h2-5H,6-7H2,1H3,(H,21,22)(H,18,23,24). The Bertz CT molecular complexity index is 1090. The molecular formula is C15H13ClN4O4S. The molecule has 0 amide bonds. The van der Waals surface area contributed by atoms with E-state index in [1.165, 1.54) is 11.6 Å². The highest BCUT2D eigenvalue weighted by Crippen LogP contribution is 2.23. The van der Waals surface area contributed by atoms with E-state index in [4.69, 9.17) is 16.7 Å². The van der Waals surface area contributed by atoms with Crippen molar-refractivity contribution in [3.05, 3.63) is 55.7 Å². The number of aromatic nitrogens is 4. The molecule has 3 rings (SSSR count). The van der Waals surface area contributed by atoms with Gasteiger partial charge in [0.25, 0.3) is 5.56 Å². The fourth-order valence-electron chi connectivity index (χ4n) is 2.42. The van der Waals surface area contributed by atoms with Gasteiger partial charge in [-0.2, -0.15) is 0 Å². The summed E-state index contributed by atoms with van der Waals surface area (Å²) in [6, 6.07) is 7.09. The third-order valence-electron chi connectivity index (χ3n) is 3.53. The van der Waals surface area contributed by atoms with Crippen LogP contribution in [0.15, 0.2) is 39.0 Å². The summed E-state index contributed by atoms with van der Waals surface area (Å²) >= 11 is 6.98. The number of aromatic amines is 1. The van der Waals surface area contributed by atoms with Crippen LogP contribution in [-0.4, -0.2) is 35.9 Å². The summed E-state index contributed by atoms with van der Waals surface area (Å²) in [4.78, 5) is 41.5. The van der Waals surface area contributed by atoms with Crippen LogP contribution < -0.4 is 11.2 Å². The van der Waals surface area contributed by atoms with Gasteiger partial charge in [-0.25, -0.2) is 9.78 Å². The van der Waals surface area contributed by atoms with E-state index in [1.54, 1.807) is 22.8 Å². The summed E-state index contributed by atoms with van der Waals surface area (Å²) in [6.45, 7) is 0.264. The van der Waals surface area contributed by atoms with Crippen LogP contribution in [-0.2, 0) is 18.4 Å². The number of hydrogen-bond donors (Lipinski definition) is 2. The van der Waals surface area contributed by atoms with E-state index in [1.807, 2.05) is 6.07 Å². The fourth-order valence-corrected chi connectivity index (χ4v) is 3.34. The summed E-state index contributed by atoms with van der Waals surface area (Å²) in [5.41, 5.74) is 0.0605. The van der Waals surface area contributed by atoms with Gasteiger partial charge in [0.2, 0.25) is 0 Å². The van der Waals surface area contributed by atoms with E-state index in [-0.39, 0.29) is 23.5 Å². The molecule has 0 aliphatic carbocycles. The number of carbonyl (C=O) groups is 1. The number of nitrogens with one attached hydrogen (secondary N) is 1. The van der Waals surface area contributed by atoms with E-state index in [0.29, 0.717) is 10.2 Å². The predicted molar refractivity (Wildman–Crippen MR) is 94.5 cm³/mol. The summed E-state index contributed by atoms with van der Waals surface area (Å²) < 4.78 is 2.81. The molecule has 2 N–H and O–H groups in total.